The minimum absolute atomic E-state index is 0.914. The Morgan fingerprint density at radius 1 is 1.57 bits per heavy atom. The smallest absolute Gasteiger partial charge is 0.328 e. The second-order valence-corrected chi connectivity index (χ2v) is 3.41. The summed E-state index contributed by atoms with van der Waals surface area (Å²) in [6.45, 7) is 3.88. The molecule has 0 spiro atoms. The molecule has 14 heavy (non-hydrogen) atoms. The van der Waals surface area contributed by atoms with E-state index in [0.29, 0.717) is 0 Å². The van der Waals surface area contributed by atoms with Gasteiger partial charge in [0.15, 0.2) is 0 Å². The highest BCUT2D eigenvalue weighted by molar-refractivity contribution is 5.80. The molecule has 1 saturated heterocycles. The molecule has 0 aliphatic carbocycles. The van der Waals surface area contributed by atoms with Crippen LogP contribution >= 0.6 is 0 Å². The Balaban J connectivity index is 2.74. The van der Waals surface area contributed by atoms with Crippen LogP contribution in [0.25, 0.3) is 0 Å². The van der Waals surface area contributed by atoms with E-state index in [1.54, 1.807) is 6.08 Å². The van der Waals surface area contributed by atoms with Gasteiger partial charge in [-0.1, -0.05) is 0 Å². The van der Waals surface area contributed by atoms with Crippen LogP contribution in [0.5, 0.6) is 0 Å². The molecule has 1 rings (SSSR count). The molecule has 0 saturated carbocycles. The summed E-state index contributed by atoms with van der Waals surface area (Å²) in [4.78, 5) is 12.4. The standard InChI is InChI=1S/C10H16N2O2/c1-8(4-5-9(13)14)10-11-6-3-7-12(10)2/h4-5,11H,3,6-7H2,1-2H3,(H,13,14)/b5-4+,10-8+. The van der Waals surface area contributed by atoms with Gasteiger partial charge in [-0.05, 0) is 25.0 Å². The van der Waals surface area contributed by atoms with Crippen LogP contribution in [-0.2, 0) is 4.79 Å². The molecule has 1 fully saturated rings. The van der Waals surface area contributed by atoms with Crippen molar-refractivity contribution in [2.24, 2.45) is 0 Å². The quantitative estimate of drug-likeness (QED) is 0.641. The summed E-state index contributed by atoms with van der Waals surface area (Å²) in [6, 6.07) is 0. The first kappa shape index (κ1) is 10.6. The van der Waals surface area contributed by atoms with E-state index < -0.39 is 5.97 Å². The van der Waals surface area contributed by atoms with Gasteiger partial charge in [-0.25, -0.2) is 4.79 Å². The monoisotopic (exact) mass is 196 g/mol. The first-order valence-electron chi connectivity index (χ1n) is 4.68. The second kappa shape index (κ2) is 4.69. The number of nitrogens with one attached hydrogen (secondary N) is 1. The van der Waals surface area contributed by atoms with Crippen molar-refractivity contribution >= 4 is 5.97 Å². The van der Waals surface area contributed by atoms with Crippen LogP contribution in [0.3, 0.4) is 0 Å². The third-order valence-corrected chi connectivity index (χ3v) is 2.19. The molecule has 0 radical (unpaired) electrons. The predicted octanol–water partition coefficient (Wildman–Crippen LogP) is 0.784. The number of aliphatic carboxylic acids is 1. The Morgan fingerprint density at radius 2 is 2.29 bits per heavy atom. The summed E-state index contributed by atoms with van der Waals surface area (Å²) in [5.41, 5.74) is 0.953. The largest absolute Gasteiger partial charge is 0.478 e. The Morgan fingerprint density at radius 3 is 2.86 bits per heavy atom. The third kappa shape index (κ3) is 2.80. The predicted molar refractivity (Wildman–Crippen MR) is 54.7 cm³/mol. The molecule has 78 valence electrons. The van der Waals surface area contributed by atoms with Gasteiger partial charge in [0.05, 0.1) is 0 Å². The first-order valence-corrected chi connectivity index (χ1v) is 4.68. The van der Waals surface area contributed by atoms with Crippen molar-refractivity contribution in [1.82, 2.24) is 10.2 Å². The number of rotatable bonds is 2. The summed E-state index contributed by atoms with van der Waals surface area (Å²) in [5.74, 6) is 0.108. The maximum Gasteiger partial charge on any atom is 0.328 e. The molecule has 0 amide bonds. The van der Waals surface area contributed by atoms with Gasteiger partial charge in [0.1, 0.15) is 5.82 Å². The van der Waals surface area contributed by atoms with Crippen molar-refractivity contribution in [2.75, 3.05) is 20.1 Å². The number of allylic oxidation sites excluding steroid dienone is 2. The molecule has 2 N–H and O–H groups in total. The van der Waals surface area contributed by atoms with Crippen LogP contribution in [0.1, 0.15) is 13.3 Å². The maximum atomic E-state index is 10.3. The van der Waals surface area contributed by atoms with E-state index in [2.05, 4.69) is 10.2 Å². The van der Waals surface area contributed by atoms with Crippen molar-refractivity contribution in [3.8, 4) is 0 Å². The molecule has 4 heteroatoms. The number of nitrogens with zero attached hydrogens (tertiary/aromatic N) is 1. The van der Waals surface area contributed by atoms with Crippen molar-refractivity contribution in [3.05, 3.63) is 23.5 Å². The van der Waals surface area contributed by atoms with Crippen LogP contribution in [0.15, 0.2) is 23.5 Å². The number of carboxylic acid groups (broad SMARTS) is 1. The van der Waals surface area contributed by atoms with E-state index >= 15 is 0 Å². The molecular weight excluding hydrogens is 180 g/mol. The highest BCUT2D eigenvalue weighted by atomic mass is 16.4. The lowest BCUT2D eigenvalue weighted by atomic mass is 10.2. The average molecular weight is 196 g/mol. The van der Waals surface area contributed by atoms with Crippen molar-refractivity contribution in [2.45, 2.75) is 13.3 Å². The van der Waals surface area contributed by atoms with E-state index in [9.17, 15) is 4.79 Å². The van der Waals surface area contributed by atoms with Crippen molar-refractivity contribution in [3.63, 3.8) is 0 Å². The lowest BCUT2D eigenvalue weighted by Crippen LogP contribution is -2.37. The summed E-state index contributed by atoms with van der Waals surface area (Å²) >= 11 is 0. The molecule has 1 aliphatic rings. The maximum absolute atomic E-state index is 10.3. The lowest BCUT2D eigenvalue weighted by Gasteiger charge is -2.30. The van der Waals surface area contributed by atoms with E-state index in [4.69, 9.17) is 5.11 Å². The highest BCUT2D eigenvalue weighted by Gasteiger charge is 2.11. The minimum atomic E-state index is -0.914. The lowest BCUT2D eigenvalue weighted by molar-refractivity contribution is -0.131. The number of carboxylic acids is 1. The average Bonchev–Trinajstić information content (AvgIpc) is 2.15. The fourth-order valence-electron chi connectivity index (χ4n) is 1.49. The first-order chi connectivity index (χ1) is 6.61. The molecule has 0 atom stereocenters. The van der Waals surface area contributed by atoms with Gasteiger partial charge in [0.2, 0.25) is 0 Å². The molecule has 4 nitrogen and oxygen atoms in total. The zero-order valence-corrected chi connectivity index (χ0v) is 8.58. The zero-order valence-electron chi connectivity index (χ0n) is 8.58. The molecule has 1 heterocycles. The van der Waals surface area contributed by atoms with Crippen LogP contribution in [-0.4, -0.2) is 36.1 Å². The highest BCUT2D eigenvalue weighted by Crippen LogP contribution is 2.10. The molecule has 1 aliphatic heterocycles. The van der Waals surface area contributed by atoms with E-state index in [0.717, 1.165) is 37.0 Å². The number of hydrogen-bond donors (Lipinski definition) is 2. The SMILES string of the molecule is CC(/C=C/C(=O)O)=C1/NCCCN1C. The number of carbonyl (C=O) groups is 1. The Labute approximate surface area is 83.9 Å². The zero-order chi connectivity index (χ0) is 10.6. The van der Waals surface area contributed by atoms with E-state index in [1.165, 1.54) is 0 Å². The van der Waals surface area contributed by atoms with Crippen LogP contribution in [0.2, 0.25) is 0 Å². The molecule has 0 aromatic carbocycles. The fourth-order valence-corrected chi connectivity index (χ4v) is 1.49. The minimum Gasteiger partial charge on any atom is -0.478 e. The van der Waals surface area contributed by atoms with Crippen LogP contribution in [0.4, 0.5) is 0 Å². The van der Waals surface area contributed by atoms with Crippen LogP contribution < -0.4 is 5.32 Å². The summed E-state index contributed by atoms with van der Waals surface area (Å²) < 4.78 is 0. The normalized spacial score (nSPS) is 20.9. The third-order valence-electron chi connectivity index (χ3n) is 2.19. The van der Waals surface area contributed by atoms with E-state index in [1.807, 2.05) is 14.0 Å². The van der Waals surface area contributed by atoms with Gasteiger partial charge in [-0.15, -0.1) is 0 Å². The van der Waals surface area contributed by atoms with Gasteiger partial charge in [0, 0.05) is 26.2 Å². The molecule has 0 aromatic rings. The molecule has 0 aromatic heterocycles. The summed E-state index contributed by atoms with van der Waals surface area (Å²) in [6.07, 6.45) is 3.90. The molecule has 0 unspecified atom stereocenters. The topological polar surface area (TPSA) is 52.6 Å². The molecular formula is C10H16N2O2. The van der Waals surface area contributed by atoms with Crippen LogP contribution in [0, 0.1) is 0 Å². The Hall–Kier alpha value is -1.45. The Bertz CT molecular complexity index is 282. The summed E-state index contributed by atoms with van der Waals surface area (Å²) in [7, 11) is 2.00. The van der Waals surface area contributed by atoms with Crippen molar-refractivity contribution < 1.29 is 9.90 Å². The number of hydrogen-bond acceptors (Lipinski definition) is 3. The van der Waals surface area contributed by atoms with Gasteiger partial charge in [-0.2, -0.15) is 0 Å². The second-order valence-electron chi connectivity index (χ2n) is 3.41. The van der Waals surface area contributed by atoms with Gasteiger partial charge in [-0.3, -0.25) is 0 Å². The fraction of sp³-hybridized carbons (Fsp3) is 0.500. The van der Waals surface area contributed by atoms with E-state index in [-0.39, 0.29) is 0 Å². The molecule has 0 bridgehead atoms. The van der Waals surface area contributed by atoms with Gasteiger partial charge >= 0.3 is 5.97 Å². The Kier molecular flexibility index (Phi) is 3.56. The van der Waals surface area contributed by atoms with Gasteiger partial charge < -0.3 is 15.3 Å². The summed E-state index contributed by atoms with van der Waals surface area (Å²) in [5, 5.41) is 11.7. The van der Waals surface area contributed by atoms with Gasteiger partial charge in [0.25, 0.3) is 0 Å². The van der Waals surface area contributed by atoms with Crippen molar-refractivity contribution in [1.29, 1.82) is 0 Å².